The van der Waals surface area contributed by atoms with Gasteiger partial charge in [-0.3, -0.25) is 4.79 Å². The van der Waals surface area contributed by atoms with Gasteiger partial charge in [-0.05, 0) is 66.9 Å². The van der Waals surface area contributed by atoms with Gasteiger partial charge >= 0.3 is 17.8 Å². The normalized spacial score (nSPS) is 18.0. The molecule has 0 saturated heterocycles. The predicted molar refractivity (Wildman–Crippen MR) is 149 cm³/mol. The van der Waals surface area contributed by atoms with Crippen molar-refractivity contribution >= 4 is 76.9 Å². The van der Waals surface area contributed by atoms with Crippen LogP contribution in [0, 0.1) is 13.8 Å². The first-order chi connectivity index (χ1) is 18.3. The molecule has 5 aromatic rings. The van der Waals surface area contributed by atoms with Crippen molar-refractivity contribution in [3.8, 4) is 10.4 Å². The Labute approximate surface area is 234 Å². The lowest BCUT2D eigenvalue weighted by molar-refractivity contribution is -0.254. The van der Waals surface area contributed by atoms with E-state index in [-0.39, 0.29) is 19.5 Å². The van der Waals surface area contributed by atoms with E-state index in [2.05, 4.69) is 0 Å². The fraction of sp³-hybridized carbons (Fsp3) is 0.179. The van der Waals surface area contributed by atoms with Crippen LogP contribution in [0.3, 0.4) is 0 Å². The highest BCUT2D eigenvalue weighted by molar-refractivity contribution is 7.24. The summed E-state index contributed by atoms with van der Waals surface area (Å²) in [5.41, 5.74) is -3.36. The number of rotatable bonds is 3. The van der Waals surface area contributed by atoms with Crippen molar-refractivity contribution in [3.63, 3.8) is 0 Å². The topological polar surface area (TPSA) is 17.1 Å². The fourth-order valence-corrected chi connectivity index (χ4v) is 8.23. The molecule has 0 radical (unpaired) electrons. The maximum absolute atomic E-state index is 15.3. The summed E-state index contributed by atoms with van der Waals surface area (Å²) >= 11 is 9.20. The SMILES string of the molecule is Cc1sc(Cl)cc1C1=C(c2cc(-c3ccc4sc5ccccc5c(=O)c4c3)sc2C)C(F)(F)C(F)(F)C1(F)F. The average molecular weight is 613 g/mol. The molecule has 0 N–H and O–H groups in total. The molecule has 2 aromatic carbocycles. The monoisotopic (exact) mass is 612 g/mol. The minimum atomic E-state index is -5.65. The molecule has 0 atom stereocenters. The highest BCUT2D eigenvalue weighted by atomic mass is 35.5. The number of thiophene rings is 2. The van der Waals surface area contributed by atoms with Crippen LogP contribution >= 0.6 is 45.6 Å². The van der Waals surface area contributed by atoms with Crippen LogP contribution in [-0.2, 0) is 0 Å². The molecule has 11 heteroatoms. The molecule has 3 heterocycles. The van der Waals surface area contributed by atoms with Crippen molar-refractivity contribution in [1.82, 2.24) is 0 Å². The van der Waals surface area contributed by atoms with Crippen LogP contribution in [0.4, 0.5) is 26.3 Å². The van der Waals surface area contributed by atoms with Crippen LogP contribution < -0.4 is 5.43 Å². The van der Waals surface area contributed by atoms with Crippen LogP contribution in [0.15, 0.2) is 59.4 Å². The number of hydrogen-bond acceptors (Lipinski definition) is 4. The molecule has 0 unspecified atom stereocenters. The Morgan fingerprint density at radius 1 is 0.692 bits per heavy atom. The second kappa shape index (κ2) is 8.67. The summed E-state index contributed by atoms with van der Waals surface area (Å²) in [5, 5.41) is 0.946. The molecule has 39 heavy (non-hydrogen) atoms. The number of benzene rings is 2. The molecule has 1 nitrogen and oxygen atoms in total. The van der Waals surface area contributed by atoms with Crippen LogP contribution in [0.25, 0.3) is 41.8 Å². The molecule has 0 saturated carbocycles. The first kappa shape index (κ1) is 26.6. The lowest BCUT2D eigenvalue weighted by Gasteiger charge is -2.25. The second-order valence-corrected chi connectivity index (χ2v) is 13.4. The second-order valence-electron chi connectivity index (χ2n) is 9.21. The van der Waals surface area contributed by atoms with E-state index in [0.717, 1.165) is 33.4 Å². The maximum atomic E-state index is 15.3. The van der Waals surface area contributed by atoms with Gasteiger partial charge in [0.1, 0.15) is 0 Å². The largest absolute Gasteiger partial charge is 0.380 e. The Kier molecular flexibility index (Phi) is 5.90. The van der Waals surface area contributed by atoms with Crippen LogP contribution in [0.2, 0.25) is 4.34 Å². The molecule has 0 aliphatic heterocycles. The van der Waals surface area contributed by atoms with Gasteiger partial charge in [0.25, 0.3) is 0 Å². The molecule has 0 bridgehead atoms. The number of fused-ring (bicyclic) bond motifs is 2. The zero-order valence-electron chi connectivity index (χ0n) is 20.0. The smallest absolute Gasteiger partial charge is 0.289 e. The highest BCUT2D eigenvalue weighted by Crippen LogP contribution is 2.66. The van der Waals surface area contributed by atoms with Crippen LogP contribution in [0.5, 0.6) is 0 Å². The van der Waals surface area contributed by atoms with Crippen LogP contribution in [0.1, 0.15) is 20.9 Å². The number of halogens is 7. The molecule has 0 amide bonds. The number of alkyl halides is 6. The summed E-state index contributed by atoms with van der Waals surface area (Å²) in [6, 6.07) is 14.4. The number of aryl methyl sites for hydroxylation is 2. The minimum Gasteiger partial charge on any atom is -0.289 e. The molecule has 1 aliphatic rings. The van der Waals surface area contributed by atoms with Gasteiger partial charge in [0.05, 0.1) is 4.34 Å². The molecule has 200 valence electrons. The first-order valence-corrected chi connectivity index (χ1v) is 14.3. The van der Waals surface area contributed by atoms with E-state index in [0.29, 0.717) is 25.9 Å². The fourth-order valence-electron chi connectivity index (χ4n) is 4.96. The Morgan fingerprint density at radius 3 is 1.92 bits per heavy atom. The van der Waals surface area contributed by atoms with E-state index in [4.69, 9.17) is 11.6 Å². The van der Waals surface area contributed by atoms with Gasteiger partial charge in [-0.15, -0.1) is 34.0 Å². The van der Waals surface area contributed by atoms with Crippen LogP contribution in [-0.4, -0.2) is 17.8 Å². The van der Waals surface area contributed by atoms with Gasteiger partial charge in [0, 0.05) is 45.9 Å². The molecule has 0 spiro atoms. The van der Waals surface area contributed by atoms with Crippen molar-refractivity contribution in [1.29, 1.82) is 0 Å². The van der Waals surface area contributed by atoms with Crippen molar-refractivity contribution in [2.24, 2.45) is 0 Å². The van der Waals surface area contributed by atoms with Gasteiger partial charge in [-0.25, -0.2) is 0 Å². The lowest BCUT2D eigenvalue weighted by Crippen LogP contribution is -2.48. The van der Waals surface area contributed by atoms with E-state index in [1.54, 1.807) is 30.3 Å². The van der Waals surface area contributed by atoms with Gasteiger partial charge in [-0.2, -0.15) is 26.3 Å². The Balaban J connectivity index is 1.58. The molecule has 3 aromatic heterocycles. The predicted octanol–water partition coefficient (Wildman–Crippen LogP) is 10.3. The van der Waals surface area contributed by atoms with E-state index in [9.17, 15) is 13.6 Å². The third-order valence-corrected chi connectivity index (χ3v) is 10.3. The van der Waals surface area contributed by atoms with E-state index in [1.807, 2.05) is 12.1 Å². The van der Waals surface area contributed by atoms with Gasteiger partial charge in [-0.1, -0.05) is 29.8 Å². The summed E-state index contributed by atoms with van der Waals surface area (Å²) in [6.07, 6.45) is 0. The standard InChI is InChI=1S/C28H15ClF6OS3/c1-12-16(23-24(17-11-22(29)38-13(17)2)27(32,33)28(34,35)26(23,30)31)10-21(37-12)14-7-8-20-18(9-14)25(36)15-5-3-4-6-19(15)39-20/h3-11H,1-2H3. The third kappa shape index (κ3) is 3.68. The Hall–Kier alpha value is -2.66. The molecular weight excluding hydrogens is 598 g/mol. The zero-order chi connectivity index (χ0) is 28.1. The van der Waals surface area contributed by atoms with E-state index in [1.165, 1.54) is 31.3 Å². The summed E-state index contributed by atoms with van der Waals surface area (Å²) in [4.78, 5) is 13.8. The first-order valence-electron chi connectivity index (χ1n) is 11.5. The van der Waals surface area contributed by atoms with E-state index < -0.39 is 40.0 Å². The van der Waals surface area contributed by atoms with Crippen molar-refractivity contribution < 1.29 is 26.3 Å². The van der Waals surface area contributed by atoms with Gasteiger partial charge in [0.2, 0.25) is 0 Å². The Bertz CT molecular complexity index is 1910. The molecule has 0 fully saturated rings. The van der Waals surface area contributed by atoms with Gasteiger partial charge in [0.15, 0.2) is 5.43 Å². The quantitative estimate of drug-likeness (QED) is 0.146. The maximum Gasteiger partial charge on any atom is 0.380 e. The summed E-state index contributed by atoms with van der Waals surface area (Å²) < 4.78 is 91.8. The highest BCUT2D eigenvalue weighted by Gasteiger charge is 2.80. The Morgan fingerprint density at radius 2 is 1.28 bits per heavy atom. The van der Waals surface area contributed by atoms with Crippen molar-refractivity contribution in [2.75, 3.05) is 0 Å². The summed E-state index contributed by atoms with van der Waals surface area (Å²) in [6.45, 7) is 2.79. The number of allylic oxidation sites excluding steroid dienone is 2. The molecular formula is C28H15ClF6OS3. The zero-order valence-corrected chi connectivity index (χ0v) is 23.2. The minimum absolute atomic E-state index is 0.0181. The summed E-state index contributed by atoms with van der Waals surface area (Å²) in [5.74, 6) is -15.9. The number of hydrogen-bond donors (Lipinski definition) is 0. The van der Waals surface area contributed by atoms with Gasteiger partial charge < -0.3 is 0 Å². The van der Waals surface area contributed by atoms with Crippen molar-refractivity contribution in [2.45, 2.75) is 31.6 Å². The lowest BCUT2D eigenvalue weighted by atomic mass is 9.95. The molecule has 1 aliphatic carbocycles. The van der Waals surface area contributed by atoms with E-state index >= 15 is 17.6 Å². The third-order valence-electron chi connectivity index (χ3n) is 6.87. The van der Waals surface area contributed by atoms with Crippen molar-refractivity contribution in [3.05, 3.63) is 90.0 Å². The summed E-state index contributed by atoms with van der Waals surface area (Å²) in [7, 11) is 0. The average Bonchev–Trinajstić information content (AvgIpc) is 3.44. The molecule has 6 rings (SSSR count).